The first-order valence-corrected chi connectivity index (χ1v) is 6.23. The Kier molecular flexibility index (Phi) is 2.71. The van der Waals surface area contributed by atoms with Crippen molar-refractivity contribution in [1.29, 1.82) is 0 Å². The minimum atomic E-state index is -0.197. The number of fused-ring (bicyclic) bond motifs is 2. The summed E-state index contributed by atoms with van der Waals surface area (Å²) in [5.41, 5.74) is 0.645. The van der Waals surface area contributed by atoms with Crippen LogP contribution in [0.3, 0.4) is 0 Å². The highest BCUT2D eigenvalue weighted by atomic mass is 16.5. The van der Waals surface area contributed by atoms with Crippen molar-refractivity contribution in [2.75, 3.05) is 6.61 Å². The summed E-state index contributed by atoms with van der Waals surface area (Å²) >= 11 is 0. The van der Waals surface area contributed by atoms with E-state index < -0.39 is 0 Å². The molecule has 88 valence electrons. The molecular weight excluding hydrogens is 212 g/mol. The Balaban J connectivity index is 1.55. The molecule has 0 N–H and O–H groups in total. The summed E-state index contributed by atoms with van der Waals surface area (Å²) in [7, 11) is 0. The van der Waals surface area contributed by atoms with Gasteiger partial charge in [-0.25, -0.2) is 4.79 Å². The van der Waals surface area contributed by atoms with Crippen molar-refractivity contribution in [3.05, 3.63) is 48.0 Å². The summed E-state index contributed by atoms with van der Waals surface area (Å²) in [5, 5.41) is 0. The number of carbonyl (C=O) groups is 1. The normalized spacial score (nSPS) is 29.5. The van der Waals surface area contributed by atoms with Crippen molar-refractivity contribution >= 4 is 5.97 Å². The fourth-order valence-electron chi connectivity index (χ4n) is 2.93. The van der Waals surface area contributed by atoms with E-state index in [-0.39, 0.29) is 5.97 Å². The summed E-state index contributed by atoms with van der Waals surface area (Å²) in [4.78, 5) is 11.8. The van der Waals surface area contributed by atoms with Gasteiger partial charge in [-0.3, -0.25) is 0 Å². The van der Waals surface area contributed by atoms with E-state index in [2.05, 4.69) is 12.2 Å². The van der Waals surface area contributed by atoms with E-state index in [1.54, 1.807) is 12.1 Å². The topological polar surface area (TPSA) is 26.3 Å². The lowest BCUT2D eigenvalue weighted by molar-refractivity contribution is 0.0421. The molecule has 0 aliphatic heterocycles. The Labute approximate surface area is 101 Å². The first kappa shape index (κ1) is 10.6. The first-order valence-electron chi connectivity index (χ1n) is 6.23. The van der Waals surface area contributed by atoms with Gasteiger partial charge in [0.25, 0.3) is 0 Å². The molecular formula is C15H16O2. The Hall–Kier alpha value is -1.57. The van der Waals surface area contributed by atoms with Crippen LogP contribution in [0.15, 0.2) is 42.5 Å². The van der Waals surface area contributed by atoms with E-state index in [0.717, 1.165) is 5.92 Å². The van der Waals surface area contributed by atoms with Gasteiger partial charge in [0.05, 0.1) is 12.2 Å². The van der Waals surface area contributed by atoms with Gasteiger partial charge in [0.2, 0.25) is 0 Å². The lowest BCUT2D eigenvalue weighted by Gasteiger charge is -2.17. The molecule has 1 fully saturated rings. The molecule has 2 aliphatic carbocycles. The average Bonchev–Trinajstić information content (AvgIpc) is 2.99. The summed E-state index contributed by atoms with van der Waals surface area (Å²) in [6.45, 7) is 0.569. The molecule has 0 unspecified atom stereocenters. The standard InChI is InChI=1S/C15H16O2/c16-15(12-4-2-1-3-5-12)17-10-14-9-11-6-7-13(14)8-11/h1-7,11,13-14H,8-10H2/t11-,13+,14+/m1/s1. The van der Waals surface area contributed by atoms with Crippen molar-refractivity contribution in [3.8, 4) is 0 Å². The zero-order valence-electron chi connectivity index (χ0n) is 9.71. The molecule has 0 radical (unpaired) electrons. The van der Waals surface area contributed by atoms with Gasteiger partial charge in [0.15, 0.2) is 0 Å². The lowest BCUT2D eigenvalue weighted by atomic mass is 9.95. The van der Waals surface area contributed by atoms with Crippen LogP contribution < -0.4 is 0 Å². The minimum absolute atomic E-state index is 0.197. The molecule has 17 heavy (non-hydrogen) atoms. The number of hydrogen-bond donors (Lipinski definition) is 0. The van der Waals surface area contributed by atoms with Crippen LogP contribution in [0, 0.1) is 17.8 Å². The first-order chi connectivity index (χ1) is 8.33. The van der Waals surface area contributed by atoms with E-state index in [1.165, 1.54) is 12.8 Å². The lowest BCUT2D eigenvalue weighted by Crippen LogP contribution is -2.17. The van der Waals surface area contributed by atoms with Crippen LogP contribution in [0.4, 0.5) is 0 Å². The molecule has 1 saturated carbocycles. The van der Waals surface area contributed by atoms with Gasteiger partial charge in [-0.05, 0) is 42.7 Å². The molecule has 2 bridgehead atoms. The Morgan fingerprint density at radius 2 is 2.00 bits per heavy atom. The third kappa shape index (κ3) is 2.12. The van der Waals surface area contributed by atoms with Crippen LogP contribution in [0.5, 0.6) is 0 Å². The van der Waals surface area contributed by atoms with E-state index in [1.807, 2.05) is 18.2 Å². The quantitative estimate of drug-likeness (QED) is 0.587. The Morgan fingerprint density at radius 3 is 2.65 bits per heavy atom. The minimum Gasteiger partial charge on any atom is -0.462 e. The largest absolute Gasteiger partial charge is 0.462 e. The maximum Gasteiger partial charge on any atom is 0.338 e. The zero-order chi connectivity index (χ0) is 11.7. The van der Waals surface area contributed by atoms with Crippen molar-refractivity contribution in [3.63, 3.8) is 0 Å². The summed E-state index contributed by atoms with van der Waals surface area (Å²) in [6, 6.07) is 9.21. The van der Waals surface area contributed by atoms with Gasteiger partial charge in [0, 0.05) is 0 Å². The van der Waals surface area contributed by atoms with Crippen LogP contribution in [0.1, 0.15) is 23.2 Å². The molecule has 0 saturated heterocycles. The SMILES string of the molecule is O=C(OC[C@@H]1C[C@@H]2C=C[C@H]1C2)c1ccccc1. The highest BCUT2D eigenvalue weighted by Gasteiger charge is 2.36. The van der Waals surface area contributed by atoms with Crippen LogP contribution in [0.25, 0.3) is 0 Å². The van der Waals surface area contributed by atoms with Crippen LogP contribution in [-0.2, 0) is 4.74 Å². The molecule has 2 nitrogen and oxygen atoms in total. The van der Waals surface area contributed by atoms with Gasteiger partial charge < -0.3 is 4.74 Å². The fourth-order valence-corrected chi connectivity index (χ4v) is 2.93. The maximum absolute atomic E-state index is 11.8. The predicted octanol–water partition coefficient (Wildman–Crippen LogP) is 3.06. The molecule has 0 amide bonds. The summed E-state index contributed by atoms with van der Waals surface area (Å²) in [6.07, 6.45) is 7.03. The third-order valence-corrected chi connectivity index (χ3v) is 3.85. The number of ether oxygens (including phenoxy) is 1. The monoisotopic (exact) mass is 228 g/mol. The van der Waals surface area contributed by atoms with E-state index in [4.69, 9.17) is 4.74 Å². The number of benzene rings is 1. The highest BCUT2D eigenvalue weighted by Crippen LogP contribution is 2.43. The number of hydrogen-bond acceptors (Lipinski definition) is 2. The van der Waals surface area contributed by atoms with Gasteiger partial charge in [0.1, 0.15) is 0 Å². The van der Waals surface area contributed by atoms with Crippen molar-refractivity contribution < 1.29 is 9.53 Å². The molecule has 0 heterocycles. The molecule has 2 heteroatoms. The van der Waals surface area contributed by atoms with E-state index >= 15 is 0 Å². The molecule has 0 aromatic heterocycles. The van der Waals surface area contributed by atoms with Gasteiger partial charge in [-0.15, -0.1) is 0 Å². The fraction of sp³-hybridized carbons (Fsp3) is 0.400. The molecule has 1 aromatic rings. The van der Waals surface area contributed by atoms with Crippen LogP contribution in [-0.4, -0.2) is 12.6 Å². The van der Waals surface area contributed by atoms with Crippen molar-refractivity contribution in [2.24, 2.45) is 17.8 Å². The van der Waals surface area contributed by atoms with Gasteiger partial charge in [-0.2, -0.15) is 0 Å². The average molecular weight is 228 g/mol. The van der Waals surface area contributed by atoms with Gasteiger partial charge >= 0.3 is 5.97 Å². The second kappa shape index (κ2) is 4.36. The third-order valence-electron chi connectivity index (χ3n) is 3.85. The number of rotatable bonds is 3. The van der Waals surface area contributed by atoms with Crippen LogP contribution in [0.2, 0.25) is 0 Å². The predicted molar refractivity (Wildman–Crippen MR) is 65.6 cm³/mol. The second-order valence-electron chi connectivity index (χ2n) is 5.00. The molecule has 1 aromatic carbocycles. The number of allylic oxidation sites excluding steroid dienone is 2. The zero-order valence-corrected chi connectivity index (χ0v) is 9.71. The molecule has 2 aliphatic rings. The van der Waals surface area contributed by atoms with E-state index in [0.29, 0.717) is 24.0 Å². The van der Waals surface area contributed by atoms with E-state index in [9.17, 15) is 4.79 Å². The second-order valence-corrected chi connectivity index (χ2v) is 5.00. The molecule has 3 atom stereocenters. The smallest absolute Gasteiger partial charge is 0.338 e. The molecule has 3 rings (SSSR count). The highest BCUT2D eigenvalue weighted by molar-refractivity contribution is 5.89. The van der Waals surface area contributed by atoms with Crippen molar-refractivity contribution in [2.45, 2.75) is 12.8 Å². The number of esters is 1. The van der Waals surface area contributed by atoms with Crippen LogP contribution >= 0.6 is 0 Å². The Morgan fingerprint density at radius 1 is 1.18 bits per heavy atom. The van der Waals surface area contributed by atoms with Gasteiger partial charge in [-0.1, -0.05) is 30.4 Å². The summed E-state index contributed by atoms with van der Waals surface area (Å²) < 4.78 is 5.39. The summed E-state index contributed by atoms with van der Waals surface area (Å²) in [5.74, 6) is 1.72. The number of carbonyl (C=O) groups excluding carboxylic acids is 1. The van der Waals surface area contributed by atoms with Crippen molar-refractivity contribution in [1.82, 2.24) is 0 Å². The molecule has 0 spiro atoms. The maximum atomic E-state index is 11.8. The Bertz CT molecular complexity index is 435.